The molecule has 0 aliphatic rings. The Bertz CT molecular complexity index is 379. The van der Waals surface area contributed by atoms with Crippen LogP contribution in [0.4, 0.5) is 0 Å². The van der Waals surface area contributed by atoms with Crippen molar-refractivity contribution < 1.29 is 4.79 Å². The van der Waals surface area contributed by atoms with Crippen molar-refractivity contribution in [3.8, 4) is 0 Å². The summed E-state index contributed by atoms with van der Waals surface area (Å²) in [5.74, 6) is -0.710. The summed E-state index contributed by atoms with van der Waals surface area (Å²) in [6.07, 6.45) is 0. The van der Waals surface area contributed by atoms with Crippen LogP contribution in [0.15, 0.2) is 32.1 Å². The number of hydrogen-bond donors (Lipinski definition) is 2. The molecular formula is C8H7Br2N3O. The first-order valence-electron chi connectivity index (χ1n) is 3.59. The van der Waals surface area contributed by atoms with Crippen LogP contribution in [0.5, 0.6) is 0 Å². The summed E-state index contributed by atoms with van der Waals surface area (Å²) in [5.41, 5.74) is 10.6. The molecule has 0 fully saturated rings. The third-order valence-electron chi connectivity index (χ3n) is 1.34. The molecule has 1 rings (SSSR count). The topological polar surface area (TPSA) is 81.5 Å². The molecule has 0 bridgehead atoms. The Labute approximate surface area is 97.6 Å². The van der Waals surface area contributed by atoms with E-state index in [4.69, 9.17) is 11.5 Å². The molecule has 0 aliphatic carbocycles. The predicted molar refractivity (Wildman–Crippen MR) is 62.0 cm³/mol. The predicted octanol–water partition coefficient (Wildman–Crippen LogP) is 1.63. The third kappa shape index (κ3) is 3.12. The smallest absolute Gasteiger partial charge is 0.280 e. The van der Waals surface area contributed by atoms with E-state index < -0.39 is 5.91 Å². The summed E-state index contributed by atoms with van der Waals surface area (Å²) >= 11 is 6.51. The number of nitrogens with zero attached hydrogens (tertiary/aromatic N) is 1. The first-order chi connectivity index (χ1) is 6.49. The van der Waals surface area contributed by atoms with E-state index in [1.165, 1.54) is 0 Å². The molecular weight excluding hydrogens is 314 g/mol. The Kier molecular flexibility index (Phi) is 3.65. The molecule has 0 aromatic heterocycles. The minimum Gasteiger partial charge on any atom is -0.370 e. The normalized spacial score (nSPS) is 9.57. The highest BCUT2D eigenvalue weighted by atomic mass is 79.9. The summed E-state index contributed by atoms with van der Waals surface area (Å²) in [6.45, 7) is 0. The number of carbonyl (C=O) groups is 1. The molecule has 0 saturated heterocycles. The summed E-state index contributed by atoms with van der Waals surface area (Å²) in [6, 6.07) is 5.09. The van der Waals surface area contributed by atoms with Crippen molar-refractivity contribution in [3.63, 3.8) is 0 Å². The number of nitrogens with two attached hydrogens (primary N) is 2. The van der Waals surface area contributed by atoms with Gasteiger partial charge < -0.3 is 11.5 Å². The molecule has 4 nitrogen and oxygen atoms in total. The number of benzene rings is 1. The second-order valence-electron chi connectivity index (χ2n) is 2.50. The van der Waals surface area contributed by atoms with E-state index in [0.29, 0.717) is 5.56 Å². The second-order valence-corrected chi connectivity index (χ2v) is 4.33. The highest BCUT2D eigenvalue weighted by molar-refractivity contribution is 9.11. The monoisotopic (exact) mass is 319 g/mol. The van der Waals surface area contributed by atoms with Gasteiger partial charge in [-0.15, -0.1) is 0 Å². The molecule has 74 valence electrons. The van der Waals surface area contributed by atoms with Gasteiger partial charge in [0.15, 0.2) is 5.96 Å². The molecule has 0 heterocycles. The standard InChI is InChI=1S/C8H7Br2N3O/c9-5-1-4(2-6(10)3-5)7(14)13-8(11)12/h1-3H,(H4,11,12,13,14). The molecule has 0 spiro atoms. The average molecular weight is 321 g/mol. The fourth-order valence-electron chi connectivity index (χ4n) is 0.859. The summed E-state index contributed by atoms with van der Waals surface area (Å²) < 4.78 is 1.56. The van der Waals surface area contributed by atoms with Crippen LogP contribution in [0.2, 0.25) is 0 Å². The van der Waals surface area contributed by atoms with Crippen molar-refractivity contribution in [3.05, 3.63) is 32.7 Å². The van der Waals surface area contributed by atoms with Crippen LogP contribution in [0, 0.1) is 0 Å². The molecule has 4 N–H and O–H groups in total. The minimum atomic E-state index is -0.466. The van der Waals surface area contributed by atoms with Crippen LogP contribution in [-0.4, -0.2) is 11.9 Å². The van der Waals surface area contributed by atoms with E-state index in [1.54, 1.807) is 12.1 Å². The largest absolute Gasteiger partial charge is 0.370 e. The van der Waals surface area contributed by atoms with E-state index in [0.717, 1.165) is 8.95 Å². The highest BCUT2D eigenvalue weighted by Gasteiger charge is 2.06. The number of aliphatic imine (C=N–C) groups is 1. The van der Waals surface area contributed by atoms with Crippen molar-refractivity contribution in [1.82, 2.24) is 0 Å². The van der Waals surface area contributed by atoms with Crippen molar-refractivity contribution in [2.75, 3.05) is 0 Å². The van der Waals surface area contributed by atoms with Gasteiger partial charge in [-0.3, -0.25) is 4.79 Å². The fourth-order valence-corrected chi connectivity index (χ4v) is 2.15. The van der Waals surface area contributed by atoms with Crippen LogP contribution in [0.1, 0.15) is 10.4 Å². The SMILES string of the molecule is NC(N)=NC(=O)c1cc(Br)cc(Br)c1. The van der Waals surface area contributed by atoms with Gasteiger partial charge in [-0.05, 0) is 18.2 Å². The van der Waals surface area contributed by atoms with Crippen molar-refractivity contribution >= 4 is 43.7 Å². The zero-order valence-electron chi connectivity index (χ0n) is 7.00. The van der Waals surface area contributed by atoms with Gasteiger partial charge in [0.25, 0.3) is 5.91 Å². The Morgan fingerprint density at radius 1 is 1.14 bits per heavy atom. The van der Waals surface area contributed by atoms with Crippen LogP contribution < -0.4 is 11.5 Å². The molecule has 0 aliphatic heterocycles. The van der Waals surface area contributed by atoms with Gasteiger partial charge in [0.1, 0.15) is 0 Å². The van der Waals surface area contributed by atoms with Crippen molar-refractivity contribution in [1.29, 1.82) is 0 Å². The lowest BCUT2D eigenvalue weighted by atomic mass is 10.2. The summed E-state index contributed by atoms with van der Waals surface area (Å²) in [4.78, 5) is 14.8. The van der Waals surface area contributed by atoms with E-state index in [-0.39, 0.29) is 5.96 Å². The number of carbonyl (C=O) groups excluding carboxylic acids is 1. The molecule has 0 saturated carbocycles. The number of rotatable bonds is 1. The third-order valence-corrected chi connectivity index (χ3v) is 2.26. The number of amides is 1. The lowest BCUT2D eigenvalue weighted by molar-refractivity contribution is 0.100. The number of halogens is 2. The molecule has 0 unspecified atom stereocenters. The highest BCUT2D eigenvalue weighted by Crippen LogP contribution is 2.20. The zero-order valence-corrected chi connectivity index (χ0v) is 10.2. The summed E-state index contributed by atoms with van der Waals surface area (Å²) in [5, 5.41) is 0. The maximum atomic E-state index is 11.4. The van der Waals surface area contributed by atoms with Gasteiger partial charge in [-0.1, -0.05) is 31.9 Å². The van der Waals surface area contributed by atoms with Gasteiger partial charge in [0.05, 0.1) is 0 Å². The molecule has 6 heteroatoms. The van der Waals surface area contributed by atoms with E-state index >= 15 is 0 Å². The van der Waals surface area contributed by atoms with E-state index in [9.17, 15) is 4.79 Å². The van der Waals surface area contributed by atoms with Gasteiger partial charge >= 0.3 is 0 Å². The quantitative estimate of drug-likeness (QED) is 0.609. The molecule has 0 atom stereocenters. The Balaban J connectivity index is 3.08. The van der Waals surface area contributed by atoms with Gasteiger partial charge in [0, 0.05) is 14.5 Å². The molecule has 1 amide bonds. The summed E-state index contributed by atoms with van der Waals surface area (Å²) in [7, 11) is 0. The zero-order chi connectivity index (χ0) is 10.7. The Morgan fingerprint density at radius 2 is 1.64 bits per heavy atom. The molecule has 1 aromatic carbocycles. The number of guanidine groups is 1. The Morgan fingerprint density at radius 3 is 2.07 bits per heavy atom. The van der Waals surface area contributed by atoms with E-state index in [1.807, 2.05) is 6.07 Å². The van der Waals surface area contributed by atoms with Gasteiger partial charge in [-0.2, -0.15) is 4.99 Å². The molecule has 0 radical (unpaired) electrons. The van der Waals surface area contributed by atoms with Crippen LogP contribution >= 0.6 is 31.9 Å². The first-order valence-corrected chi connectivity index (χ1v) is 5.17. The molecule has 1 aromatic rings. The number of hydrogen-bond acceptors (Lipinski definition) is 1. The van der Waals surface area contributed by atoms with Gasteiger partial charge in [-0.25, -0.2) is 0 Å². The second kappa shape index (κ2) is 4.56. The van der Waals surface area contributed by atoms with Gasteiger partial charge in [0.2, 0.25) is 0 Å². The lowest BCUT2D eigenvalue weighted by Crippen LogP contribution is -2.24. The molecule has 14 heavy (non-hydrogen) atoms. The first kappa shape index (κ1) is 11.2. The Hall–Kier alpha value is -0.880. The maximum absolute atomic E-state index is 11.4. The van der Waals surface area contributed by atoms with Crippen LogP contribution in [0.3, 0.4) is 0 Å². The maximum Gasteiger partial charge on any atom is 0.280 e. The average Bonchev–Trinajstić information content (AvgIpc) is 2.00. The van der Waals surface area contributed by atoms with Crippen molar-refractivity contribution in [2.24, 2.45) is 16.5 Å². The lowest BCUT2D eigenvalue weighted by Gasteiger charge is -1.98. The van der Waals surface area contributed by atoms with Crippen LogP contribution in [-0.2, 0) is 0 Å². The van der Waals surface area contributed by atoms with Crippen molar-refractivity contribution in [2.45, 2.75) is 0 Å². The fraction of sp³-hybridized carbons (Fsp3) is 0. The van der Waals surface area contributed by atoms with Crippen LogP contribution in [0.25, 0.3) is 0 Å². The van der Waals surface area contributed by atoms with E-state index in [2.05, 4.69) is 36.9 Å². The minimum absolute atomic E-state index is 0.244.